The summed E-state index contributed by atoms with van der Waals surface area (Å²) in [6.07, 6.45) is 5.13. The molecule has 1 N–H and O–H groups in total. The van der Waals surface area contributed by atoms with E-state index in [2.05, 4.69) is 10.1 Å². The molecule has 106 valence electrons. The Balaban J connectivity index is 2.05. The molecule has 2 heterocycles. The molecule has 7 heteroatoms. The van der Waals surface area contributed by atoms with E-state index in [0.717, 1.165) is 11.3 Å². The van der Waals surface area contributed by atoms with E-state index in [1.54, 1.807) is 36.4 Å². The Morgan fingerprint density at radius 2 is 2.14 bits per heavy atom. The van der Waals surface area contributed by atoms with Crippen molar-refractivity contribution in [1.82, 2.24) is 19.3 Å². The lowest BCUT2D eigenvalue weighted by molar-refractivity contribution is 0.0689. The van der Waals surface area contributed by atoms with Crippen LogP contribution in [0.2, 0.25) is 5.02 Å². The molecule has 0 spiro atoms. The van der Waals surface area contributed by atoms with E-state index < -0.39 is 5.97 Å². The Hall–Kier alpha value is -2.60. The Bertz CT molecular complexity index is 809. The van der Waals surface area contributed by atoms with Crippen LogP contribution in [-0.2, 0) is 7.05 Å². The maximum Gasteiger partial charge on any atom is 0.356 e. The van der Waals surface area contributed by atoms with Crippen molar-refractivity contribution < 1.29 is 9.90 Å². The minimum absolute atomic E-state index is 0.00214. The zero-order valence-corrected chi connectivity index (χ0v) is 11.8. The van der Waals surface area contributed by atoms with Crippen molar-refractivity contribution in [3.63, 3.8) is 0 Å². The monoisotopic (exact) mass is 302 g/mol. The molecule has 0 aliphatic carbocycles. The molecule has 0 saturated heterocycles. The summed E-state index contributed by atoms with van der Waals surface area (Å²) in [6.45, 7) is 0. The normalized spacial score (nSPS) is 10.8. The number of carbonyl (C=O) groups is 1. The second-order valence-electron chi connectivity index (χ2n) is 4.48. The van der Waals surface area contributed by atoms with E-state index in [1.165, 1.54) is 10.7 Å². The van der Waals surface area contributed by atoms with Crippen molar-refractivity contribution in [3.8, 4) is 16.9 Å². The van der Waals surface area contributed by atoms with Gasteiger partial charge in [0.1, 0.15) is 0 Å². The molecule has 0 aliphatic heterocycles. The van der Waals surface area contributed by atoms with Crippen LogP contribution in [0.25, 0.3) is 16.9 Å². The molecule has 3 aromatic rings. The summed E-state index contributed by atoms with van der Waals surface area (Å²) < 4.78 is 3.32. The van der Waals surface area contributed by atoms with Gasteiger partial charge in [-0.05, 0) is 18.2 Å². The second kappa shape index (κ2) is 5.06. The van der Waals surface area contributed by atoms with Gasteiger partial charge < -0.3 is 9.67 Å². The molecule has 0 radical (unpaired) electrons. The number of aromatic carboxylic acids is 1. The average molecular weight is 303 g/mol. The van der Waals surface area contributed by atoms with Crippen LogP contribution in [0.15, 0.2) is 43.0 Å². The zero-order chi connectivity index (χ0) is 15.0. The first-order valence-corrected chi connectivity index (χ1v) is 6.49. The summed E-state index contributed by atoms with van der Waals surface area (Å²) in [4.78, 5) is 14.9. The van der Waals surface area contributed by atoms with Crippen LogP contribution in [0, 0.1) is 0 Å². The summed E-state index contributed by atoms with van der Waals surface area (Å²) in [5, 5.41) is 13.5. The Morgan fingerprint density at radius 1 is 1.33 bits per heavy atom. The van der Waals surface area contributed by atoms with Crippen LogP contribution < -0.4 is 0 Å². The van der Waals surface area contributed by atoms with Crippen LogP contribution >= 0.6 is 11.6 Å². The zero-order valence-electron chi connectivity index (χ0n) is 11.1. The van der Waals surface area contributed by atoms with Gasteiger partial charge in [-0.25, -0.2) is 9.78 Å². The number of nitrogens with zero attached hydrogens (tertiary/aromatic N) is 4. The third kappa shape index (κ3) is 2.41. The lowest BCUT2D eigenvalue weighted by Gasteiger charge is -2.08. The fourth-order valence-corrected chi connectivity index (χ4v) is 2.40. The van der Waals surface area contributed by atoms with Crippen molar-refractivity contribution in [2.24, 2.45) is 7.05 Å². The minimum Gasteiger partial charge on any atom is -0.476 e. The number of rotatable bonds is 3. The van der Waals surface area contributed by atoms with E-state index in [-0.39, 0.29) is 5.69 Å². The van der Waals surface area contributed by atoms with Gasteiger partial charge in [0.25, 0.3) is 0 Å². The van der Waals surface area contributed by atoms with E-state index >= 15 is 0 Å². The summed E-state index contributed by atoms with van der Waals surface area (Å²) >= 11 is 6.30. The Labute approximate surface area is 125 Å². The number of aromatic nitrogens is 4. The van der Waals surface area contributed by atoms with Crippen LogP contribution in [0.5, 0.6) is 0 Å². The van der Waals surface area contributed by atoms with Gasteiger partial charge in [-0.3, -0.25) is 4.68 Å². The molecule has 0 fully saturated rings. The van der Waals surface area contributed by atoms with Crippen molar-refractivity contribution in [2.45, 2.75) is 0 Å². The molecule has 0 aliphatic rings. The molecule has 0 saturated carbocycles. The number of imidazole rings is 1. The molecule has 0 bridgehead atoms. The summed E-state index contributed by atoms with van der Waals surface area (Å²) in [5.41, 5.74) is 2.29. The highest BCUT2D eigenvalue weighted by atomic mass is 35.5. The molecular formula is C14H11ClN4O2. The first-order chi connectivity index (χ1) is 10.1. The van der Waals surface area contributed by atoms with Gasteiger partial charge in [0.05, 0.1) is 22.7 Å². The third-order valence-corrected chi connectivity index (χ3v) is 3.43. The number of carboxylic acid groups (broad SMARTS) is 1. The largest absolute Gasteiger partial charge is 0.476 e. The maximum atomic E-state index is 11.0. The summed E-state index contributed by atoms with van der Waals surface area (Å²) in [7, 11) is 1.69. The molecular weight excluding hydrogens is 292 g/mol. The number of hydrogen-bond donors (Lipinski definition) is 1. The summed E-state index contributed by atoms with van der Waals surface area (Å²) in [5.74, 6) is -1.06. The highest BCUT2D eigenvalue weighted by Gasteiger charge is 2.13. The van der Waals surface area contributed by atoms with E-state index in [4.69, 9.17) is 16.7 Å². The number of hydrogen-bond acceptors (Lipinski definition) is 3. The lowest BCUT2D eigenvalue weighted by atomic mass is 10.1. The van der Waals surface area contributed by atoms with E-state index in [1.807, 2.05) is 12.1 Å². The van der Waals surface area contributed by atoms with Gasteiger partial charge in [0.15, 0.2) is 5.69 Å². The van der Waals surface area contributed by atoms with Crippen molar-refractivity contribution in [2.75, 3.05) is 0 Å². The number of benzene rings is 1. The predicted molar refractivity (Wildman–Crippen MR) is 77.7 cm³/mol. The maximum absolute atomic E-state index is 11.0. The van der Waals surface area contributed by atoms with Gasteiger partial charge in [0.2, 0.25) is 0 Å². The number of aryl methyl sites for hydroxylation is 1. The highest BCUT2D eigenvalue weighted by Crippen LogP contribution is 2.28. The Kier molecular flexibility index (Phi) is 3.23. The fourth-order valence-electron chi connectivity index (χ4n) is 2.12. The average Bonchev–Trinajstić information content (AvgIpc) is 3.07. The molecule has 2 aromatic heterocycles. The van der Waals surface area contributed by atoms with Crippen LogP contribution in [-0.4, -0.2) is 30.4 Å². The topological polar surface area (TPSA) is 72.9 Å². The third-order valence-electron chi connectivity index (χ3n) is 3.12. The van der Waals surface area contributed by atoms with E-state index in [9.17, 15) is 4.79 Å². The van der Waals surface area contributed by atoms with Crippen molar-refractivity contribution >= 4 is 17.6 Å². The number of halogens is 1. The molecule has 0 atom stereocenters. The predicted octanol–water partition coefficient (Wildman–Crippen LogP) is 2.62. The van der Waals surface area contributed by atoms with Gasteiger partial charge in [-0.1, -0.05) is 17.7 Å². The van der Waals surface area contributed by atoms with Crippen LogP contribution in [0.4, 0.5) is 0 Å². The SMILES string of the molecule is Cn1nc(C(=O)O)cc1-c1ccc(-n2ccnc2)c(Cl)c1. The highest BCUT2D eigenvalue weighted by molar-refractivity contribution is 6.32. The van der Waals surface area contributed by atoms with Crippen LogP contribution in [0.3, 0.4) is 0 Å². The molecule has 21 heavy (non-hydrogen) atoms. The molecule has 6 nitrogen and oxygen atoms in total. The van der Waals surface area contributed by atoms with Gasteiger partial charge in [-0.15, -0.1) is 0 Å². The smallest absolute Gasteiger partial charge is 0.356 e. The quantitative estimate of drug-likeness (QED) is 0.807. The lowest BCUT2D eigenvalue weighted by Crippen LogP contribution is -1.99. The molecule has 0 unspecified atom stereocenters. The minimum atomic E-state index is -1.06. The fraction of sp³-hybridized carbons (Fsp3) is 0.0714. The van der Waals surface area contributed by atoms with Crippen molar-refractivity contribution in [3.05, 3.63) is 53.7 Å². The summed E-state index contributed by atoms with van der Waals surface area (Å²) in [6, 6.07) is 7.01. The van der Waals surface area contributed by atoms with Crippen molar-refractivity contribution in [1.29, 1.82) is 0 Å². The van der Waals surface area contributed by atoms with Gasteiger partial charge in [-0.2, -0.15) is 5.10 Å². The van der Waals surface area contributed by atoms with Gasteiger partial charge in [0, 0.05) is 25.0 Å². The number of carboxylic acids is 1. The van der Waals surface area contributed by atoms with Gasteiger partial charge >= 0.3 is 5.97 Å². The molecule has 3 rings (SSSR count). The first kappa shape index (κ1) is 13.4. The standard InChI is InChI=1S/C14H11ClN4O2/c1-18-13(7-11(17-18)14(20)21)9-2-3-12(10(15)6-9)19-5-4-16-8-19/h2-8H,1H3,(H,20,21). The molecule has 0 amide bonds. The van der Waals surface area contributed by atoms with Crippen LogP contribution in [0.1, 0.15) is 10.5 Å². The second-order valence-corrected chi connectivity index (χ2v) is 4.89. The van der Waals surface area contributed by atoms with E-state index in [0.29, 0.717) is 10.7 Å². The first-order valence-electron chi connectivity index (χ1n) is 6.12. The Morgan fingerprint density at radius 3 is 2.71 bits per heavy atom. The molecule has 1 aromatic carbocycles.